The molecule has 0 saturated carbocycles. The van der Waals surface area contributed by atoms with Crippen LogP contribution in [0.25, 0.3) is 11.0 Å². The maximum absolute atomic E-state index is 5.59. The van der Waals surface area contributed by atoms with Gasteiger partial charge in [0.15, 0.2) is 0 Å². The van der Waals surface area contributed by atoms with Crippen LogP contribution in [-0.2, 0) is 0 Å². The van der Waals surface area contributed by atoms with Gasteiger partial charge in [0.2, 0.25) is 0 Å². The van der Waals surface area contributed by atoms with E-state index in [1.165, 1.54) is 0 Å². The number of nitrogens with zero attached hydrogens (tertiary/aromatic N) is 2. The molecular formula is C12H15N3S. The molecule has 0 fully saturated rings. The van der Waals surface area contributed by atoms with Gasteiger partial charge in [-0.1, -0.05) is 24.4 Å². The van der Waals surface area contributed by atoms with Crippen LogP contribution >= 0.6 is 12.2 Å². The molecule has 0 radical (unpaired) electrons. The molecule has 0 aliphatic carbocycles. The van der Waals surface area contributed by atoms with E-state index in [1.54, 1.807) is 0 Å². The van der Waals surface area contributed by atoms with Crippen LogP contribution in [0.2, 0.25) is 0 Å². The van der Waals surface area contributed by atoms with Gasteiger partial charge in [0, 0.05) is 12.5 Å². The average molecular weight is 233 g/mol. The molecule has 84 valence electrons. The van der Waals surface area contributed by atoms with Crippen molar-refractivity contribution in [2.75, 3.05) is 0 Å². The van der Waals surface area contributed by atoms with Crippen molar-refractivity contribution in [3.8, 4) is 0 Å². The molecule has 1 aromatic heterocycles. The summed E-state index contributed by atoms with van der Waals surface area (Å²) < 4.78 is 2.19. The van der Waals surface area contributed by atoms with Gasteiger partial charge in [0.05, 0.1) is 16.0 Å². The normalized spacial score (nSPS) is 12.9. The number of aromatic nitrogens is 2. The second-order valence-electron chi connectivity index (χ2n) is 4.04. The van der Waals surface area contributed by atoms with Crippen LogP contribution in [0, 0.1) is 6.92 Å². The zero-order chi connectivity index (χ0) is 11.7. The first kappa shape index (κ1) is 11.1. The van der Waals surface area contributed by atoms with Crippen LogP contribution in [0.5, 0.6) is 0 Å². The Morgan fingerprint density at radius 2 is 2.19 bits per heavy atom. The third kappa shape index (κ3) is 1.93. The minimum Gasteiger partial charge on any atom is -0.393 e. The average Bonchev–Trinajstić information content (AvgIpc) is 2.52. The molecule has 0 amide bonds. The van der Waals surface area contributed by atoms with Gasteiger partial charge in [0.1, 0.15) is 5.82 Å². The molecule has 1 atom stereocenters. The van der Waals surface area contributed by atoms with Gasteiger partial charge in [-0.05, 0) is 26.0 Å². The van der Waals surface area contributed by atoms with Gasteiger partial charge >= 0.3 is 0 Å². The summed E-state index contributed by atoms with van der Waals surface area (Å²) >= 11 is 4.96. The molecule has 1 aromatic carbocycles. The molecule has 2 aromatic rings. The smallest absolute Gasteiger partial charge is 0.106 e. The molecule has 1 heterocycles. The Hall–Kier alpha value is -1.42. The number of thiocarbonyl (C=S) groups is 1. The van der Waals surface area contributed by atoms with E-state index in [4.69, 9.17) is 18.0 Å². The number of rotatable bonds is 3. The number of hydrogen-bond acceptors (Lipinski definition) is 2. The van der Waals surface area contributed by atoms with E-state index in [1.807, 2.05) is 25.1 Å². The lowest BCUT2D eigenvalue weighted by Gasteiger charge is -2.15. The fourth-order valence-electron chi connectivity index (χ4n) is 2.10. The van der Waals surface area contributed by atoms with Crippen molar-refractivity contribution in [2.45, 2.75) is 26.3 Å². The standard InChI is InChI=1S/C12H15N3S/c1-8(7-12(13)16)15-9(2)14-10-5-3-4-6-11(10)15/h3-6,8H,7H2,1-2H3,(H2,13,16). The zero-order valence-corrected chi connectivity index (χ0v) is 10.3. The Morgan fingerprint density at radius 3 is 2.88 bits per heavy atom. The van der Waals surface area contributed by atoms with Gasteiger partial charge < -0.3 is 10.3 Å². The molecule has 3 nitrogen and oxygen atoms in total. The van der Waals surface area contributed by atoms with Crippen LogP contribution in [0.3, 0.4) is 0 Å². The lowest BCUT2D eigenvalue weighted by molar-refractivity contribution is 0.569. The largest absolute Gasteiger partial charge is 0.393 e. The topological polar surface area (TPSA) is 43.8 Å². The first-order valence-electron chi connectivity index (χ1n) is 5.31. The molecule has 0 aliphatic rings. The van der Waals surface area contributed by atoms with Crippen molar-refractivity contribution in [2.24, 2.45) is 5.73 Å². The highest BCUT2D eigenvalue weighted by Crippen LogP contribution is 2.22. The third-order valence-electron chi connectivity index (χ3n) is 2.71. The Morgan fingerprint density at radius 1 is 1.50 bits per heavy atom. The van der Waals surface area contributed by atoms with Crippen molar-refractivity contribution in [1.82, 2.24) is 9.55 Å². The number of hydrogen-bond donors (Lipinski definition) is 1. The van der Waals surface area contributed by atoms with Crippen LogP contribution in [0.4, 0.5) is 0 Å². The minimum absolute atomic E-state index is 0.255. The molecule has 0 spiro atoms. The fraction of sp³-hybridized carbons (Fsp3) is 0.333. The summed E-state index contributed by atoms with van der Waals surface area (Å²) in [5, 5.41) is 0. The number of nitrogens with two attached hydrogens (primary N) is 1. The number of aryl methyl sites for hydroxylation is 1. The van der Waals surface area contributed by atoms with E-state index < -0.39 is 0 Å². The van der Waals surface area contributed by atoms with Crippen LogP contribution < -0.4 is 5.73 Å². The van der Waals surface area contributed by atoms with E-state index in [2.05, 4.69) is 22.5 Å². The van der Waals surface area contributed by atoms with E-state index in [0.717, 1.165) is 16.9 Å². The van der Waals surface area contributed by atoms with Gasteiger partial charge in [-0.15, -0.1) is 0 Å². The molecular weight excluding hydrogens is 218 g/mol. The molecule has 0 aliphatic heterocycles. The van der Waals surface area contributed by atoms with Crippen molar-refractivity contribution in [3.63, 3.8) is 0 Å². The molecule has 0 saturated heterocycles. The Bertz CT molecular complexity index is 530. The summed E-state index contributed by atoms with van der Waals surface area (Å²) in [5.41, 5.74) is 7.76. The molecule has 2 rings (SSSR count). The molecule has 16 heavy (non-hydrogen) atoms. The second-order valence-corrected chi connectivity index (χ2v) is 4.56. The molecule has 4 heteroatoms. The SMILES string of the molecule is Cc1nc2ccccc2n1C(C)CC(N)=S. The first-order chi connectivity index (χ1) is 7.59. The van der Waals surface area contributed by atoms with Crippen LogP contribution in [0.15, 0.2) is 24.3 Å². The second kappa shape index (κ2) is 4.22. The zero-order valence-electron chi connectivity index (χ0n) is 9.47. The predicted octanol–water partition coefficient (Wildman–Crippen LogP) is 2.58. The maximum atomic E-state index is 5.59. The molecule has 2 N–H and O–H groups in total. The van der Waals surface area contributed by atoms with Crippen molar-refractivity contribution in [1.29, 1.82) is 0 Å². The molecule has 1 unspecified atom stereocenters. The van der Waals surface area contributed by atoms with Gasteiger partial charge in [-0.3, -0.25) is 0 Å². The van der Waals surface area contributed by atoms with Gasteiger partial charge in [-0.25, -0.2) is 4.98 Å². The van der Waals surface area contributed by atoms with Crippen molar-refractivity contribution >= 4 is 28.2 Å². The number of fused-ring (bicyclic) bond motifs is 1. The highest BCUT2D eigenvalue weighted by Gasteiger charge is 2.13. The number of para-hydroxylation sites is 2. The maximum Gasteiger partial charge on any atom is 0.106 e. The van der Waals surface area contributed by atoms with E-state index in [-0.39, 0.29) is 6.04 Å². The minimum atomic E-state index is 0.255. The monoisotopic (exact) mass is 233 g/mol. The highest BCUT2D eigenvalue weighted by molar-refractivity contribution is 7.80. The summed E-state index contributed by atoms with van der Waals surface area (Å²) in [4.78, 5) is 5.07. The first-order valence-corrected chi connectivity index (χ1v) is 5.72. The van der Waals surface area contributed by atoms with Crippen LogP contribution in [-0.4, -0.2) is 14.5 Å². The lowest BCUT2D eigenvalue weighted by Crippen LogP contribution is -2.16. The predicted molar refractivity (Wildman–Crippen MR) is 70.6 cm³/mol. The fourth-order valence-corrected chi connectivity index (χ4v) is 2.34. The molecule has 0 bridgehead atoms. The Balaban J connectivity index is 2.50. The Labute approximate surface area is 100 Å². The van der Waals surface area contributed by atoms with Crippen molar-refractivity contribution in [3.05, 3.63) is 30.1 Å². The number of benzene rings is 1. The third-order valence-corrected chi connectivity index (χ3v) is 2.88. The highest BCUT2D eigenvalue weighted by atomic mass is 32.1. The summed E-state index contributed by atoms with van der Waals surface area (Å²) in [6.45, 7) is 4.12. The van der Waals surface area contributed by atoms with E-state index in [0.29, 0.717) is 11.4 Å². The summed E-state index contributed by atoms with van der Waals surface area (Å²) in [7, 11) is 0. The van der Waals surface area contributed by atoms with Gasteiger partial charge in [0.25, 0.3) is 0 Å². The summed E-state index contributed by atoms with van der Waals surface area (Å²) in [5.74, 6) is 1.00. The van der Waals surface area contributed by atoms with Gasteiger partial charge in [-0.2, -0.15) is 0 Å². The summed E-state index contributed by atoms with van der Waals surface area (Å²) in [6, 6.07) is 8.37. The summed E-state index contributed by atoms with van der Waals surface area (Å²) in [6.07, 6.45) is 0.705. The quantitative estimate of drug-likeness (QED) is 0.829. The van der Waals surface area contributed by atoms with Crippen molar-refractivity contribution < 1.29 is 0 Å². The van der Waals surface area contributed by atoms with E-state index in [9.17, 15) is 0 Å². The van der Waals surface area contributed by atoms with Crippen LogP contribution in [0.1, 0.15) is 25.2 Å². The Kier molecular flexibility index (Phi) is 2.92. The number of imidazole rings is 1. The lowest BCUT2D eigenvalue weighted by atomic mass is 10.2. The van der Waals surface area contributed by atoms with E-state index >= 15 is 0 Å².